The highest BCUT2D eigenvalue weighted by atomic mass is 32.1. The Morgan fingerprint density at radius 2 is 2.35 bits per heavy atom. The number of carbonyl (C=O) groups excluding carboxylic acids is 1. The van der Waals surface area contributed by atoms with Crippen LogP contribution in [0.15, 0.2) is 17.5 Å². The number of hydrogen-bond donors (Lipinski definition) is 2. The smallest absolute Gasteiger partial charge is 0.228 e. The monoisotopic (exact) mass is 311 g/mol. The van der Waals surface area contributed by atoms with Crippen molar-refractivity contribution >= 4 is 33.7 Å². The van der Waals surface area contributed by atoms with E-state index >= 15 is 0 Å². The predicted octanol–water partition coefficient (Wildman–Crippen LogP) is 2.48. The number of aryl methyl sites for hydroxylation is 1. The molecule has 0 bridgehead atoms. The Morgan fingerprint density at radius 3 is 2.95 bits per heavy atom. The molecule has 1 amide bonds. The first kappa shape index (κ1) is 15.1. The van der Waals surface area contributed by atoms with Gasteiger partial charge in [-0.15, -0.1) is 22.7 Å². The second-order valence-electron chi connectivity index (χ2n) is 4.29. The molecular weight excluding hydrogens is 294 g/mol. The molecule has 0 fully saturated rings. The number of nitrogens with two attached hydrogens (primary N) is 1. The summed E-state index contributed by atoms with van der Waals surface area (Å²) in [5.41, 5.74) is 6.38. The van der Waals surface area contributed by atoms with Gasteiger partial charge in [0.1, 0.15) is 0 Å². The topological polar surface area (TPSA) is 77.2 Å². The van der Waals surface area contributed by atoms with E-state index in [0.29, 0.717) is 11.7 Å². The average molecular weight is 311 g/mol. The maximum absolute atomic E-state index is 11.8. The fraction of sp³-hybridized carbons (Fsp3) is 0.385. The summed E-state index contributed by atoms with van der Waals surface area (Å²) in [4.78, 5) is 18.6. The minimum absolute atomic E-state index is 0.134. The Labute approximate surface area is 125 Å². The van der Waals surface area contributed by atoms with Crippen LogP contribution >= 0.6 is 22.7 Å². The second-order valence-corrected chi connectivity index (χ2v) is 6.44. The molecule has 5 nitrogen and oxygen atoms in total. The third-order valence-electron chi connectivity index (χ3n) is 2.75. The van der Waals surface area contributed by atoms with Gasteiger partial charge >= 0.3 is 0 Å². The zero-order chi connectivity index (χ0) is 14.5. The minimum atomic E-state index is -0.255. The molecule has 108 valence electrons. The minimum Gasteiger partial charge on any atom is -0.380 e. The van der Waals surface area contributed by atoms with Crippen LogP contribution in [0.1, 0.15) is 11.3 Å². The lowest BCUT2D eigenvalue weighted by molar-refractivity contribution is -0.118. The summed E-state index contributed by atoms with van der Waals surface area (Å²) in [6, 6.07) is 4.10. The van der Waals surface area contributed by atoms with Crippen LogP contribution in [0.3, 0.4) is 0 Å². The van der Waals surface area contributed by atoms with Crippen LogP contribution in [0.2, 0.25) is 0 Å². The van der Waals surface area contributed by atoms with Crippen molar-refractivity contribution in [2.24, 2.45) is 5.73 Å². The molecule has 2 aromatic heterocycles. The summed E-state index contributed by atoms with van der Waals surface area (Å²) >= 11 is 3.10. The first-order valence-corrected chi connectivity index (χ1v) is 7.87. The fourth-order valence-corrected chi connectivity index (χ4v) is 3.29. The molecule has 0 radical (unpaired) electrons. The van der Waals surface area contributed by atoms with Gasteiger partial charge in [0.15, 0.2) is 5.13 Å². The van der Waals surface area contributed by atoms with E-state index in [0.717, 1.165) is 10.6 Å². The molecule has 0 saturated heterocycles. The van der Waals surface area contributed by atoms with Gasteiger partial charge in [0, 0.05) is 23.9 Å². The van der Waals surface area contributed by atoms with Crippen molar-refractivity contribution in [3.05, 3.63) is 22.4 Å². The third-order valence-corrected chi connectivity index (χ3v) is 4.53. The molecule has 1 unspecified atom stereocenters. The van der Waals surface area contributed by atoms with Gasteiger partial charge in [0.2, 0.25) is 5.91 Å². The molecule has 20 heavy (non-hydrogen) atoms. The number of carbonyl (C=O) groups is 1. The highest BCUT2D eigenvalue weighted by Gasteiger charge is 2.13. The Hall–Kier alpha value is -1.28. The molecule has 7 heteroatoms. The average Bonchev–Trinajstić information content (AvgIpc) is 3.05. The maximum Gasteiger partial charge on any atom is 0.228 e. The number of methoxy groups -OCH3 is 1. The van der Waals surface area contributed by atoms with E-state index in [1.165, 1.54) is 16.2 Å². The van der Waals surface area contributed by atoms with Crippen LogP contribution in [0.5, 0.6) is 0 Å². The number of aromatic nitrogens is 1. The highest BCUT2D eigenvalue weighted by molar-refractivity contribution is 7.17. The molecule has 0 saturated carbocycles. The number of nitrogens with one attached hydrogen (secondary N) is 1. The molecule has 0 aliphatic carbocycles. The zero-order valence-electron chi connectivity index (χ0n) is 11.4. The standard InChI is InChI=1S/C13H17N3O2S2/c1-8-3-4-11(20-8)10-7-19-13(15-10)16-12(17)5-9(6-14)18-2/h3-4,7,9H,5-6,14H2,1-2H3,(H,15,16,17). The first-order valence-electron chi connectivity index (χ1n) is 6.17. The van der Waals surface area contributed by atoms with E-state index in [1.54, 1.807) is 18.4 Å². The fourth-order valence-electron chi connectivity index (χ4n) is 1.66. The van der Waals surface area contributed by atoms with Gasteiger partial charge < -0.3 is 15.8 Å². The van der Waals surface area contributed by atoms with Gasteiger partial charge in [-0.05, 0) is 19.1 Å². The van der Waals surface area contributed by atoms with Crippen LogP contribution in [0.4, 0.5) is 5.13 Å². The predicted molar refractivity (Wildman–Crippen MR) is 83.3 cm³/mol. The summed E-state index contributed by atoms with van der Waals surface area (Å²) in [5.74, 6) is -0.134. The van der Waals surface area contributed by atoms with Crippen LogP contribution < -0.4 is 11.1 Å². The highest BCUT2D eigenvalue weighted by Crippen LogP contribution is 2.30. The number of thiazole rings is 1. The Balaban J connectivity index is 1.97. The quantitative estimate of drug-likeness (QED) is 0.859. The van der Waals surface area contributed by atoms with Gasteiger partial charge in [0.05, 0.1) is 23.1 Å². The van der Waals surface area contributed by atoms with Crippen molar-refractivity contribution in [1.29, 1.82) is 0 Å². The number of ether oxygens (including phenoxy) is 1. The molecule has 3 N–H and O–H groups in total. The van der Waals surface area contributed by atoms with E-state index in [2.05, 4.69) is 23.3 Å². The summed E-state index contributed by atoms with van der Waals surface area (Å²) in [7, 11) is 1.55. The Kier molecular flexibility index (Phi) is 5.24. The molecule has 2 heterocycles. The van der Waals surface area contributed by atoms with Crippen LogP contribution in [-0.2, 0) is 9.53 Å². The van der Waals surface area contributed by atoms with Crippen molar-refractivity contribution in [3.63, 3.8) is 0 Å². The first-order chi connectivity index (χ1) is 9.62. The van der Waals surface area contributed by atoms with Crippen molar-refractivity contribution < 1.29 is 9.53 Å². The lowest BCUT2D eigenvalue weighted by Crippen LogP contribution is -2.28. The SMILES string of the molecule is COC(CN)CC(=O)Nc1nc(-c2ccc(C)s2)cs1. The lowest BCUT2D eigenvalue weighted by atomic mass is 10.2. The van der Waals surface area contributed by atoms with Crippen LogP contribution in [0.25, 0.3) is 10.6 Å². The van der Waals surface area contributed by atoms with Gasteiger partial charge in [0.25, 0.3) is 0 Å². The molecule has 0 aliphatic heterocycles. The summed E-state index contributed by atoms with van der Waals surface area (Å²) in [5, 5.41) is 5.32. The third kappa shape index (κ3) is 3.86. The van der Waals surface area contributed by atoms with E-state index in [1.807, 2.05) is 11.4 Å². The summed E-state index contributed by atoms with van der Waals surface area (Å²) in [6.45, 7) is 2.38. The molecule has 0 aliphatic rings. The summed E-state index contributed by atoms with van der Waals surface area (Å²) in [6.07, 6.45) is -0.0191. The molecular formula is C13H17N3O2S2. The van der Waals surface area contributed by atoms with E-state index in [-0.39, 0.29) is 18.4 Å². The van der Waals surface area contributed by atoms with Crippen molar-refractivity contribution in [2.45, 2.75) is 19.4 Å². The van der Waals surface area contributed by atoms with Gasteiger partial charge in [-0.25, -0.2) is 4.98 Å². The largest absolute Gasteiger partial charge is 0.380 e. The van der Waals surface area contributed by atoms with Gasteiger partial charge in [-0.3, -0.25) is 4.79 Å². The van der Waals surface area contributed by atoms with Gasteiger partial charge in [-0.2, -0.15) is 0 Å². The zero-order valence-corrected chi connectivity index (χ0v) is 13.0. The van der Waals surface area contributed by atoms with Crippen molar-refractivity contribution in [3.8, 4) is 10.6 Å². The molecule has 2 aromatic rings. The number of hydrogen-bond acceptors (Lipinski definition) is 6. The van der Waals surface area contributed by atoms with Crippen molar-refractivity contribution in [1.82, 2.24) is 4.98 Å². The second kappa shape index (κ2) is 6.94. The van der Waals surface area contributed by atoms with Crippen LogP contribution in [0, 0.1) is 6.92 Å². The number of rotatable bonds is 6. The number of nitrogens with zero attached hydrogens (tertiary/aromatic N) is 1. The molecule has 0 spiro atoms. The Bertz CT molecular complexity index is 576. The summed E-state index contributed by atoms with van der Waals surface area (Å²) < 4.78 is 5.08. The lowest BCUT2D eigenvalue weighted by Gasteiger charge is -2.11. The maximum atomic E-state index is 11.8. The molecule has 1 atom stereocenters. The van der Waals surface area contributed by atoms with Crippen LogP contribution in [-0.4, -0.2) is 30.6 Å². The van der Waals surface area contributed by atoms with E-state index in [4.69, 9.17) is 10.5 Å². The number of thiophene rings is 1. The normalized spacial score (nSPS) is 12.3. The molecule has 0 aromatic carbocycles. The van der Waals surface area contributed by atoms with Crippen molar-refractivity contribution in [2.75, 3.05) is 19.0 Å². The Morgan fingerprint density at radius 1 is 1.55 bits per heavy atom. The van der Waals surface area contributed by atoms with E-state index in [9.17, 15) is 4.79 Å². The number of amides is 1. The number of anilines is 1. The molecule has 2 rings (SSSR count). The van der Waals surface area contributed by atoms with E-state index < -0.39 is 0 Å². The van der Waals surface area contributed by atoms with Gasteiger partial charge in [-0.1, -0.05) is 0 Å².